The Kier molecular flexibility index (Phi) is 6.52. The van der Waals surface area contributed by atoms with Gasteiger partial charge in [-0.15, -0.1) is 0 Å². The number of nitrogens with zero attached hydrogens (tertiary/aromatic N) is 4. The van der Waals surface area contributed by atoms with Crippen LogP contribution in [0.25, 0.3) is 11.3 Å². The summed E-state index contributed by atoms with van der Waals surface area (Å²) in [5.74, 6) is 1.51. The lowest BCUT2D eigenvalue weighted by Crippen LogP contribution is -2.40. The first-order valence-electron chi connectivity index (χ1n) is 8.55. The van der Waals surface area contributed by atoms with Gasteiger partial charge >= 0.3 is 0 Å². The van der Waals surface area contributed by atoms with Gasteiger partial charge in [0.25, 0.3) is 0 Å². The Morgan fingerprint density at radius 3 is 2.44 bits per heavy atom. The zero-order chi connectivity index (χ0) is 18.4. The van der Waals surface area contributed by atoms with Crippen molar-refractivity contribution >= 4 is 11.8 Å². The third-order valence-corrected chi connectivity index (χ3v) is 3.99. The topological polar surface area (TPSA) is 89.2 Å². The molecule has 0 spiro atoms. The van der Waals surface area contributed by atoms with Crippen LogP contribution in [0.4, 0.5) is 11.8 Å². The fourth-order valence-corrected chi connectivity index (χ4v) is 2.78. The lowest BCUT2D eigenvalue weighted by Gasteiger charge is -2.30. The van der Waals surface area contributed by atoms with Crippen LogP contribution in [0, 0.1) is 0 Å². The van der Waals surface area contributed by atoms with Crippen LogP contribution >= 0.6 is 0 Å². The van der Waals surface area contributed by atoms with Crippen molar-refractivity contribution in [3.05, 3.63) is 24.4 Å². The molecule has 7 heteroatoms. The first-order chi connectivity index (χ1) is 11.9. The molecule has 7 nitrogen and oxygen atoms in total. The first-order valence-corrected chi connectivity index (χ1v) is 8.55. The average Bonchev–Trinajstić information content (AvgIpc) is 2.57. The third-order valence-electron chi connectivity index (χ3n) is 3.99. The largest absolute Gasteiger partial charge is 0.481 e. The molecular formula is C18H28N6O. The number of anilines is 2. The molecule has 0 fully saturated rings. The Labute approximate surface area is 149 Å². The van der Waals surface area contributed by atoms with Crippen LogP contribution in [0.3, 0.4) is 0 Å². The summed E-state index contributed by atoms with van der Waals surface area (Å²) in [5, 5.41) is 3.34. The molecule has 0 atom stereocenters. The van der Waals surface area contributed by atoms with Gasteiger partial charge in [0.05, 0.1) is 12.8 Å². The van der Waals surface area contributed by atoms with Crippen LogP contribution in [0.2, 0.25) is 0 Å². The molecule has 0 bridgehead atoms. The molecular weight excluding hydrogens is 316 g/mol. The van der Waals surface area contributed by atoms with E-state index in [9.17, 15) is 0 Å². The molecule has 3 N–H and O–H groups in total. The minimum absolute atomic E-state index is 0.236. The Hall–Kier alpha value is -2.41. The fourth-order valence-electron chi connectivity index (χ4n) is 2.78. The van der Waals surface area contributed by atoms with E-state index >= 15 is 0 Å². The van der Waals surface area contributed by atoms with E-state index in [2.05, 4.69) is 52.9 Å². The SMILES string of the molecule is COc1ccc(-c2cc(NCCN(C(C)C)C(C)C)nc(N)n2)cn1. The maximum atomic E-state index is 5.86. The highest BCUT2D eigenvalue weighted by atomic mass is 16.5. The van der Waals surface area contributed by atoms with Gasteiger partial charge in [-0.05, 0) is 33.8 Å². The molecule has 2 aromatic heterocycles. The Bertz CT molecular complexity index is 664. The zero-order valence-electron chi connectivity index (χ0n) is 15.7. The molecule has 25 heavy (non-hydrogen) atoms. The second-order valence-electron chi connectivity index (χ2n) is 6.44. The summed E-state index contributed by atoms with van der Waals surface area (Å²) in [4.78, 5) is 15.2. The van der Waals surface area contributed by atoms with Gasteiger partial charge in [0, 0.05) is 49.1 Å². The van der Waals surface area contributed by atoms with Crippen LogP contribution < -0.4 is 15.8 Å². The number of hydrogen-bond acceptors (Lipinski definition) is 7. The molecule has 0 radical (unpaired) electrons. The van der Waals surface area contributed by atoms with Crippen molar-refractivity contribution in [1.29, 1.82) is 0 Å². The average molecular weight is 344 g/mol. The van der Waals surface area contributed by atoms with E-state index < -0.39 is 0 Å². The monoisotopic (exact) mass is 344 g/mol. The summed E-state index contributed by atoms with van der Waals surface area (Å²) >= 11 is 0. The number of pyridine rings is 1. The summed E-state index contributed by atoms with van der Waals surface area (Å²) in [5.41, 5.74) is 7.46. The van der Waals surface area contributed by atoms with Gasteiger partial charge in [-0.2, -0.15) is 4.98 Å². The molecule has 0 unspecified atom stereocenters. The highest BCUT2D eigenvalue weighted by molar-refractivity contribution is 5.63. The Balaban J connectivity index is 2.08. The predicted octanol–water partition coefficient (Wildman–Crippen LogP) is 2.66. The molecule has 136 valence electrons. The lowest BCUT2D eigenvalue weighted by molar-refractivity contribution is 0.182. The van der Waals surface area contributed by atoms with E-state index in [1.807, 2.05) is 12.1 Å². The minimum atomic E-state index is 0.236. The lowest BCUT2D eigenvalue weighted by atomic mass is 10.2. The minimum Gasteiger partial charge on any atom is -0.481 e. The summed E-state index contributed by atoms with van der Waals surface area (Å²) in [6.45, 7) is 10.5. The molecule has 2 aromatic rings. The highest BCUT2D eigenvalue weighted by Gasteiger charge is 2.13. The maximum absolute atomic E-state index is 5.86. The van der Waals surface area contributed by atoms with E-state index in [1.165, 1.54) is 0 Å². The van der Waals surface area contributed by atoms with Gasteiger partial charge in [-0.3, -0.25) is 4.90 Å². The maximum Gasteiger partial charge on any atom is 0.222 e. The van der Waals surface area contributed by atoms with Gasteiger partial charge in [0.15, 0.2) is 0 Å². The van der Waals surface area contributed by atoms with E-state index in [0.717, 1.165) is 24.3 Å². The van der Waals surface area contributed by atoms with Crippen LogP contribution in [0.5, 0.6) is 5.88 Å². The number of rotatable bonds is 8. The molecule has 0 aliphatic heterocycles. The number of nitrogens with one attached hydrogen (secondary N) is 1. The van der Waals surface area contributed by atoms with Crippen molar-refractivity contribution in [3.8, 4) is 17.1 Å². The summed E-state index contributed by atoms with van der Waals surface area (Å²) in [6, 6.07) is 6.58. The molecule has 2 heterocycles. The van der Waals surface area contributed by atoms with E-state index in [-0.39, 0.29) is 5.95 Å². The normalized spacial score (nSPS) is 11.4. The number of methoxy groups -OCH3 is 1. The molecule has 0 saturated carbocycles. The number of hydrogen-bond donors (Lipinski definition) is 2. The number of ether oxygens (including phenoxy) is 1. The van der Waals surface area contributed by atoms with Crippen molar-refractivity contribution < 1.29 is 4.74 Å². The van der Waals surface area contributed by atoms with Crippen LogP contribution in [-0.2, 0) is 0 Å². The fraction of sp³-hybridized carbons (Fsp3) is 0.500. The molecule has 0 saturated heterocycles. The summed E-state index contributed by atoms with van der Waals surface area (Å²) in [6.07, 6.45) is 1.71. The van der Waals surface area contributed by atoms with Gasteiger partial charge in [0.2, 0.25) is 11.8 Å². The van der Waals surface area contributed by atoms with E-state index in [4.69, 9.17) is 10.5 Å². The van der Waals surface area contributed by atoms with Crippen LogP contribution in [-0.4, -0.2) is 52.1 Å². The quantitative estimate of drug-likeness (QED) is 0.761. The number of aromatic nitrogens is 3. The van der Waals surface area contributed by atoms with Crippen LogP contribution in [0.1, 0.15) is 27.7 Å². The van der Waals surface area contributed by atoms with Crippen molar-refractivity contribution in [2.24, 2.45) is 0 Å². The van der Waals surface area contributed by atoms with Gasteiger partial charge in [-0.1, -0.05) is 0 Å². The van der Waals surface area contributed by atoms with Gasteiger partial charge < -0.3 is 15.8 Å². The molecule has 2 rings (SSSR count). The predicted molar refractivity (Wildman–Crippen MR) is 102 cm³/mol. The van der Waals surface area contributed by atoms with Crippen molar-refractivity contribution in [2.75, 3.05) is 31.2 Å². The summed E-state index contributed by atoms with van der Waals surface area (Å²) < 4.78 is 5.08. The molecule has 0 aliphatic carbocycles. The standard InChI is InChI=1S/C18H28N6O/c1-12(2)24(13(3)4)9-8-20-16-10-15(22-18(19)23-16)14-6-7-17(25-5)21-11-14/h6-7,10-13H,8-9H2,1-5H3,(H3,19,20,22,23). The number of nitrogen functional groups attached to an aromatic ring is 1. The zero-order valence-corrected chi connectivity index (χ0v) is 15.7. The second kappa shape index (κ2) is 8.62. The van der Waals surface area contributed by atoms with Crippen molar-refractivity contribution in [2.45, 2.75) is 39.8 Å². The van der Waals surface area contributed by atoms with E-state index in [1.54, 1.807) is 19.4 Å². The Morgan fingerprint density at radius 1 is 1.16 bits per heavy atom. The Morgan fingerprint density at radius 2 is 1.88 bits per heavy atom. The third kappa shape index (κ3) is 5.29. The summed E-state index contributed by atoms with van der Waals surface area (Å²) in [7, 11) is 1.59. The molecule has 0 aromatic carbocycles. The number of nitrogens with two attached hydrogens (primary N) is 1. The smallest absolute Gasteiger partial charge is 0.222 e. The van der Waals surface area contributed by atoms with Gasteiger partial charge in [-0.25, -0.2) is 9.97 Å². The molecule has 0 aliphatic rings. The van der Waals surface area contributed by atoms with Crippen molar-refractivity contribution in [3.63, 3.8) is 0 Å². The highest BCUT2D eigenvalue weighted by Crippen LogP contribution is 2.21. The first kappa shape index (κ1) is 18.9. The van der Waals surface area contributed by atoms with Crippen LogP contribution in [0.15, 0.2) is 24.4 Å². The van der Waals surface area contributed by atoms with Crippen molar-refractivity contribution in [1.82, 2.24) is 19.9 Å². The van der Waals surface area contributed by atoms with E-state index in [0.29, 0.717) is 23.8 Å². The molecule has 0 amide bonds. The second-order valence-corrected chi connectivity index (χ2v) is 6.44. The van der Waals surface area contributed by atoms with Gasteiger partial charge in [0.1, 0.15) is 5.82 Å².